The van der Waals surface area contributed by atoms with Crippen LogP contribution < -0.4 is 10.1 Å². The van der Waals surface area contributed by atoms with Gasteiger partial charge in [-0.3, -0.25) is 10.1 Å². The van der Waals surface area contributed by atoms with Crippen LogP contribution in [-0.4, -0.2) is 22.1 Å². The van der Waals surface area contributed by atoms with Crippen molar-refractivity contribution in [3.05, 3.63) is 54.3 Å². The maximum Gasteiger partial charge on any atom is 0.264 e. The Morgan fingerprint density at radius 1 is 1.22 bits per heavy atom. The van der Waals surface area contributed by atoms with E-state index in [4.69, 9.17) is 4.74 Å². The van der Waals surface area contributed by atoms with Crippen molar-refractivity contribution in [2.24, 2.45) is 0 Å². The molecule has 6 heteroatoms. The van der Waals surface area contributed by atoms with Crippen LogP contribution in [0.4, 0.5) is 10.3 Å². The van der Waals surface area contributed by atoms with Crippen LogP contribution in [0.25, 0.3) is 11.0 Å². The lowest BCUT2D eigenvalue weighted by Crippen LogP contribution is -2.22. The lowest BCUT2D eigenvalue weighted by Gasteiger charge is -2.09. The molecule has 5 nitrogen and oxygen atoms in total. The van der Waals surface area contributed by atoms with E-state index in [-0.39, 0.29) is 12.4 Å². The number of carbonyl (C=O) groups is 1. The second kappa shape index (κ2) is 6.48. The van der Waals surface area contributed by atoms with E-state index in [2.05, 4.69) is 10.3 Å². The molecule has 1 heterocycles. The van der Waals surface area contributed by atoms with Gasteiger partial charge in [0.1, 0.15) is 0 Å². The van der Waals surface area contributed by atoms with Crippen molar-refractivity contribution in [1.82, 2.24) is 9.55 Å². The molecule has 0 atom stereocenters. The number of imidazole rings is 1. The van der Waals surface area contributed by atoms with Crippen molar-refractivity contribution in [3.8, 4) is 5.75 Å². The number of halogens is 1. The Balaban J connectivity index is 1.72. The molecule has 1 aromatic heterocycles. The molecule has 0 aliphatic rings. The Morgan fingerprint density at radius 2 is 1.96 bits per heavy atom. The Hall–Kier alpha value is -2.89. The minimum absolute atomic E-state index is 0.0478. The molecule has 0 fully saturated rings. The highest BCUT2D eigenvalue weighted by molar-refractivity contribution is 5.92. The van der Waals surface area contributed by atoms with E-state index in [0.29, 0.717) is 12.5 Å². The van der Waals surface area contributed by atoms with E-state index in [0.717, 1.165) is 11.0 Å². The number of nitrogens with one attached hydrogen (secondary N) is 1. The molecule has 0 radical (unpaired) electrons. The second-order valence-electron chi connectivity index (χ2n) is 4.94. The van der Waals surface area contributed by atoms with Crippen LogP contribution in [-0.2, 0) is 11.3 Å². The summed E-state index contributed by atoms with van der Waals surface area (Å²) in [5.41, 5.74) is 1.75. The number of hydrogen-bond donors (Lipinski definition) is 1. The molecular weight excluding hydrogens is 297 g/mol. The number of fused-ring (bicyclic) bond motifs is 1. The fraction of sp³-hybridized carbons (Fsp3) is 0.176. The standard InChI is InChI=1S/C17H16FN3O2/c1-2-21-14-9-5-4-8-13(14)19-17(21)20-16(22)11-23-15-10-6-3-7-12(15)18/h3-10H,2,11H2,1H3,(H,19,20,22). The SMILES string of the molecule is CCn1c(NC(=O)COc2ccccc2F)nc2ccccc21. The molecule has 0 aliphatic carbocycles. The number of anilines is 1. The highest BCUT2D eigenvalue weighted by Gasteiger charge is 2.13. The van der Waals surface area contributed by atoms with Crippen molar-refractivity contribution in [2.45, 2.75) is 13.5 Å². The fourth-order valence-corrected chi connectivity index (χ4v) is 2.36. The zero-order chi connectivity index (χ0) is 16.2. The number of rotatable bonds is 5. The van der Waals surface area contributed by atoms with E-state index >= 15 is 0 Å². The van der Waals surface area contributed by atoms with E-state index in [1.54, 1.807) is 12.1 Å². The van der Waals surface area contributed by atoms with Crippen LogP contribution in [0.5, 0.6) is 5.75 Å². The maximum atomic E-state index is 13.5. The zero-order valence-electron chi connectivity index (χ0n) is 12.6. The van der Waals surface area contributed by atoms with Gasteiger partial charge in [0.25, 0.3) is 5.91 Å². The number of aromatic nitrogens is 2. The van der Waals surface area contributed by atoms with Crippen molar-refractivity contribution in [1.29, 1.82) is 0 Å². The van der Waals surface area contributed by atoms with E-state index in [1.165, 1.54) is 12.1 Å². The van der Waals surface area contributed by atoms with Crippen LogP contribution in [0.15, 0.2) is 48.5 Å². The Kier molecular flexibility index (Phi) is 4.23. The van der Waals surface area contributed by atoms with Gasteiger partial charge >= 0.3 is 0 Å². The third-order valence-corrected chi connectivity index (χ3v) is 3.42. The number of aryl methyl sites for hydroxylation is 1. The smallest absolute Gasteiger partial charge is 0.264 e. The summed E-state index contributed by atoms with van der Waals surface area (Å²) in [6, 6.07) is 13.6. The topological polar surface area (TPSA) is 56.2 Å². The molecule has 23 heavy (non-hydrogen) atoms. The second-order valence-corrected chi connectivity index (χ2v) is 4.94. The van der Waals surface area contributed by atoms with Crippen molar-refractivity contribution >= 4 is 22.9 Å². The number of benzene rings is 2. The number of para-hydroxylation sites is 3. The highest BCUT2D eigenvalue weighted by Crippen LogP contribution is 2.19. The predicted octanol–water partition coefficient (Wildman–Crippen LogP) is 3.21. The van der Waals surface area contributed by atoms with Crippen LogP contribution in [0.2, 0.25) is 0 Å². The highest BCUT2D eigenvalue weighted by atomic mass is 19.1. The van der Waals surface area contributed by atoms with Gasteiger partial charge < -0.3 is 9.30 Å². The molecule has 0 bridgehead atoms. The Morgan fingerprint density at radius 3 is 2.74 bits per heavy atom. The molecule has 3 aromatic rings. The largest absolute Gasteiger partial charge is 0.481 e. The third kappa shape index (κ3) is 3.15. The average molecular weight is 313 g/mol. The summed E-state index contributed by atoms with van der Waals surface area (Å²) < 4.78 is 20.5. The fourth-order valence-electron chi connectivity index (χ4n) is 2.36. The lowest BCUT2D eigenvalue weighted by atomic mass is 10.3. The molecule has 0 saturated carbocycles. The molecule has 0 spiro atoms. The van der Waals surface area contributed by atoms with Crippen molar-refractivity contribution in [3.63, 3.8) is 0 Å². The maximum absolute atomic E-state index is 13.5. The first kappa shape index (κ1) is 15.0. The molecule has 1 N–H and O–H groups in total. The van der Waals surface area contributed by atoms with E-state index in [1.807, 2.05) is 35.8 Å². The number of nitrogens with zero attached hydrogens (tertiary/aromatic N) is 2. The molecule has 2 aromatic carbocycles. The minimum atomic E-state index is -0.499. The molecule has 3 rings (SSSR count). The number of ether oxygens (including phenoxy) is 1. The number of hydrogen-bond acceptors (Lipinski definition) is 3. The van der Waals surface area contributed by atoms with Crippen LogP contribution in [0.1, 0.15) is 6.92 Å². The molecule has 0 unspecified atom stereocenters. The molecular formula is C17H16FN3O2. The molecule has 0 saturated heterocycles. The lowest BCUT2D eigenvalue weighted by molar-refractivity contribution is -0.118. The van der Waals surface area contributed by atoms with E-state index in [9.17, 15) is 9.18 Å². The van der Waals surface area contributed by atoms with Crippen LogP contribution in [0, 0.1) is 5.82 Å². The Labute approximate surface area is 132 Å². The normalized spacial score (nSPS) is 10.7. The summed E-state index contributed by atoms with van der Waals surface area (Å²) in [6.07, 6.45) is 0. The van der Waals surface area contributed by atoms with Gasteiger partial charge in [-0.1, -0.05) is 24.3 Å². The number of carbonyl (C=O) groups excluding carboxylic acids is 1. The quantitative estimate of drug-likeness (QED) is 0.787. The average Bonchev–Trinajstić information content (AvgIpc) is 2.91. The molecule has 118 valence electrons. The van der Waals surface area contributed by atoms with Gasteiger partial charge in [0.2, 0.25) is 5.95 Å². The van der Waals surface area contributed by atoms with Gasteiger partial charge in [-0.05, 0) is 31.2 Å². The van der Waals surface area contributed by atoms with E-state index < -0.39 is 11.7 Å². The summed E-state index contributed by atoms with van der Waals surface area (Å²) >= 11 is 0. The van der Waals surface area contributed by atoms with Crippen molar-refractivity contribution < 1.29 is 13.9 Å². The summed E-state index contributed by atoms with van der Waals surface area (Å²) in [4.78, 5) is 16.4. The number of amides is 1. The summed E-state index contributed by atoms with van der Waals surface area (Å²) in [7, 11) is 0. The minimum Gasteiger partial charge on any atom is -0.481 e. The van der Waals surface area contributed by atoms with Crippen LogP contribution >= 0.6 is 0 Å². The molecule has 1 amide bonds. The van der Waals surface area contributed by atoms with Gasteiger partial charge in [0.05, 0.1) is 11.0 Å². The van der Waals surface area contributed by atoms with Gasteiger partial charge in [-0.25, -0.2) is 9.37 Å². The third-order valence-electron chi connectivity index (χ3n) is 3.42. The van der Waals surface area contributed by atoms with Crippen LogP contribution in [0.3, 0.4) is 0 Å². The summed E-state index contributed by atoms with van der Waals surface area (Å²) in [6.45, 7) is 2.36. The monoisotopic (exact) mass is 313 g/mol. The van der Waals surface area contributed by atoms with Crippen molar-refractivity contribution in [2.75, 3.05) is 11.9 Å². The summed E-state index contributed by atoms with van der Waals surface area (Å²) in [5, 5.41) is 2.71. The van der Waals surface area contributed by atoms with Gasteiger partial charge in [-0.15, -0.1) is 0 Å². The Bertz CT molecular complexity index is 845. The summed E-state index contributed by atoms with van der Waals surface area (Å²) in [5.74, 6) is -0.387. The van der Waals surface area contributed by atoms with Gasteiger partial charge in [0, 0.05) is 6.54 Å². The first-order chi connectivity index (χ1) is 11.2. The van der Waals surface area contributed by atoms with Gasteiger partial charge in [0.15, 0.2) is 18.2 Å². The zero-order valence-corrected chi connectivity index (χ0v) is 12.6. The predicted molar refractivity (Wildman–Crippen MR) is 85.9 cm³/mol. The molecule has 0 aliphatic heterocycles. The first-order valence-electron chi connectivity index (χ1n) is 7.31. The van der Waals surface area contributed by atoms with Gasteiger partial charge in [-0.2, -0.15) is 0 Å². The first-order valence-corrected chi connectivity index (χ1v) is 7.31.